The SMILES string of the molecule is CN(Nc1ccc(C(F)(F)F)cc1C(F)(F)F)C(=O)OC(C)(C)C. The van der Waals surface area contributed by atoms with Crippen molar-refractivity contribution >= 4 is 11.8 Å². The predicted molar refractivity (Wildman–Crippen MR) is 74.1 cm³/mol. The quantitative estimate of drug-likeness (QED) is 0.603. The molecule has 0 aliphatic rings. The molecular formula is C14H16F6N2O2. The predicted octanol–water partition coefficient (Wildman–Crippen LogP) is 4.92. The van der Waals surface area contributed by atoms with Crippen LogP contribution in [0.1, 0.15) is 31.9 Å². The molecule has 1 N–H and O–H groups in total. The van der Waals surface area contributed by atoms with Crippen LogP contribution < -0.4 is 5.43 Å². The van der Waals surface area contributed by atoms with Gasteiger partial charge in [0.1, 0.15) is 5.60 Å². The molecule has 0 heterocycles. The van der Waals surface area contributed by atoms with Crippen molar-refractivity contribution in [3.63, 3.8) is 0 Å². The Morgan fingerprint density at radius 2 is 1.58 bits per heavy atom. The van der Waals surface area contributed by atoms with Crippen LogP contribution in [0.4, 0.5) is 36.8 Å². The van der Waals surface area contributed by atoms with Crippen LogP contribution in [0.2, 0.25) is 0 Å². The molecule has 1 aromatic carbocycles. The smallest absolute Gasteiger partial charge is 0.428 e. The van der Waals surface area contributed by atoms with E-state index < -0.39 is 40.9 Å². The standard InChI is InChI=1S/C14H16F6N2O2/c1-12(2,3)24-11(23)22(4)21-10-6-5-8(13(15,16)17)7-9(10)14(18,19)20/h5-7,21H,1-4H3. The Bertz CT molecular complexity index is 605. The highest BCUT2D eigenvalue weighted by Crippen LogP contribution is 2.39. The van der Waals surface area contributed by atoms with Crippen molar-refractivity contribution in [2.24, 2.45) is 0 Å². The van der Waals surface area contributed by atoms with Crippen molar-refractivity contribution in [1.82, 2.24) is 5.01 Å². The van der Waals surface area contributed by atoms with Gasteiger partial charge >= 0.3 is 18.4 Å². The third-order valence-corrected chi connectivity index (χ3v) is 2.61. The summed E-state index contributed by atoms with van der Waals surface area (Å²) in [6.07, 6.45) is -11.0. The van der Waals surface area contributed by atoms with Crippen LogP contribution in [0.3, 0.4) is 0 Å². The zero-order valence-electron chi connectivity index (χ0n) is 13.3. The molecule has 1 amide bonds. The van der Waals surface area contributed by atoms with Crippen LogP contribution in [0.25, 0.3) is 0 Å². The van der Waals surface area contributed by atoms with Gasteiger partial charge in [-0.05, 0) is 39.0 Å². The summed E-state index contributed by atoms with van der Waals surface area (Å²) in [5.41, 5.74) is -2.50. The van der Waals surface area contributed by atoms with Gasteiger partial charge in [-0.25, -0.2) is 9.80 Å². The normalized spacial score (nSPS) is 12.8. The molecule has 0 saturated carbocycles. The van der Waals surface area contributed by atoms with E-state index in [9.17, 15) is 31.1 Å². The molecule has 24 heavy (non-hydrogen) atoms. The summed E-state index contributed by atoms with van der Waals surface area (Å²) in [6.45, 7) is 4.66. The fraction of sp³-hybridized carbons (Fsp3) is 0.500. The van der Waals surface area contributed by atoms with Crippen LogP contribution in [-0.2, 0) is 17.1 Å². The summed E-state index contributed by atoms with van der Waals surface area (Å²) in [5.74, 6) is 0. The lowest BCUT2D eigenvalue weighted by Crippen LogP contribution is -2.38. The number of nitrogens with zero attached hydrogens (tertiary/aromatic N) is 1. The number of hydrogen-bond acceptors (Lipinski definition) is 3. The number of carbonyl (C=O) groups is 1. The van der Waals surface area contributed by atoms with E-state index in [2.05, 4.69) is 5.43 Å². The zero-order chi connectivity index (χ0) is 18.9. The molecule has 0 bridgehead atoms. The Balaban J connectivity index is 3.13. The molecule has 0 aliphatic heterocycles. The van der Waals surface area contributed by atoms with E-state index in [1.165, 1.54) is 0 Å². The molecule has 1 rings (SSSR count). The second-order valence-electron chi connectivity index (χ2n) is 5.91. The third kappa shape index (κ3) is 5.50. The number of amides is 1. The van der Waals surface area contributed by atoms with Crippen molar-refractivity contribution < 1.29 is 35.9 Å². The minimum absolute atomic E-state index is 0.0226. The molecule has 0 spiro atoms. The topological polar surface area (TPSA) is 41.6 Å². The minimum Gasteiger partial charge on any atom is -0.442 e. The molecule has 10 heteroatoms. The minimum atomic E-state index is -5.04. The first-order chi connectivity index (χ1) is 10.6. The second kappa shape index (κ2) is 6.40. The van der Waals surface area contributed by atoms with E-state index >= 15 is 0 Å². The Morgan fingerprint density at radius 3 is 2.00 bits per heavy atom. The first kappa shape index (κ1) is 19.9. The highest BCUT2D eigenvalue weighted by Gasteiger charge is 2.38. The second-order valence-corrected chi connectivity index (χ2v) is 5.91. The van der Waals surface area contributed by atoms with Gasteiger partial charge in [0, 0.05) is 7.05 Å². The molecule has 0 saturated heterocycles. The van der Waals surface area contributed by atoms with Gasteiger partial charge in [-0.15, -0.1) is 0 Å². The van der Waals surface area contributed by atoms with E-state index in [0.717, 1.165) is 7.05 Å². The van der Waals surface area contributed by atoms with Crippen LogP contribution in [0, 0.1) is 0 Å². The van der Waals surface area contributed by atoms with Crippen molar-refractivity contribution in [2.45, 2.75) is 38.7 Å². The van der Waals surface area contributed by atoms with Gasteiger partial charge in [0.15, 0.2) is 0 Å². The number of halogens is 6. The lowest BCUT2D eigenvalue weighted by atomic mass is 10.1. The Morgan fingerprint density at radius 1 is 1.04 bits per heavy atom. The number of hydrazine groups is 1. The molecule has 0 fully saturated rings. The maximum absolute atomic E-state index is 13.0. The van der Waals surface area contributed by atoms with Crippen LogP contribution in [0.5, 0.6) is 0 Å². The fourth-order valence-corrected chi connectivity index (χ4v) is 1.61. The number of nitrogens with one attached hydrogen (secondary N) is 1. The van der Waals surface area contributed by atoms with Gasteiger partial charge in [-0.2, -0.15) is 26.3 Å². The molecular weight excluding hydrogens is 342 g/mol. The van der Waals surface area contributed by atoms with E-state index in [4.69, 9.17) is 4.74 Å². The average molecular weight is 358 g/mol. The Labute approximate surface area is 134 Å². The zero-order valence-corrected chi connectivity index (χ0v) is 13.3. The van der Waals surface area contributed by atoms with Crippen LogP contribution in [0.15, 0.2) is 18.2 Å². The van der Waals surface area contributed by atoms with Crippen molar-refractivity contribution in [3.8, 4) is 0 Å². The van der Waals surface area contributed by atoms with Crippen LogP contribution in [-0.4, -0.2) is 23.8 Å². The monoisotopic (exact) mass is 358 g/mol. The molecule has 4 nitrogen and oxygen atoms in total. The van der Waals surface area contributed by atoms with Gasteiger partial charge in [-0.1, -0.05) is 0 Å². The van der Waals surface area contributed by atoms with E-state index in [0.29, 0.717) is 17.1 Å². The first-order valence-corrected chi connectivity index (χ1v) is 6.63. The van der Waals surface area contributed by atoms with E-state index in [1.54, 1.807) is 20.8 Å². The molecule has 0 aromatic heterocycles. The number of anilines is 1. The van der Waals surface area contributed by atoms with Crippen molar-refractivity contribution in [2.75, 3.05) is 12.5 Å². The summed E-state index contributed by atoms with van der Waals surface area (Å²) >= 11 is 0. The number of rotatable bonds is 2. The number of alkyl halides is 6. The summed E-state index contributed by atoms with van der Waals surface area (Å²) < 4.78 is 81.7. The lowest BCUT2D eigenvalue weighted by molar-refractivity contribution is -0.142. The molecule has 136 valence electrons. The lowest BCUT2D eigenvalue weighted by Gasteiger charge is -2.26. The molecule has 0 unspecified atom stereocenters. The van der Waals surface area contributed by atoms with Crippen molar-refractivity contribution in [3.05, 3.63) is 29.3 Å². The van der Waals surface area contributed by atoms with Gasteiger partial charge < -0.3 is 4.74 Å². The molecule has 0 aliphatic carbocycles. The molecule has 0 atom stereocenters. The third-order valence-electron chi connectivity index (χ3n) is 2.61. The number of carbonyl (C=O) groups excluding carboxylic acids is 1. The van der Waals surface area contributed by atoms with E-state index in [1.807, 2.05) is 0 Å². The van der Waals surface area contributed by atoms with Gasteiger partial charge in [0.2, 0.25) is 0 Å². The number of benzene rings is 1. The first-order valence-electron chi connectivity index (χ1n) is 6.63. The number of ether oxygens (including phenoxy) is 1. The highest BCUT2D eigenvalue weighted by atomic mass is 19.4. The average Bonchev–Trinajstić information content (AvgIpc) is 2.34. The maximum Gasteiger partial charge on any atom is 0.428 e. The summed E-state index contributed by atoms with van der Waals surface area (Å²) in [6, 6.07) is 1.07. The molecule has 1 aromatic rings. The summed E-state index contributed by atoms with van der Waals surface area (Å²) in [5, 5.41) is 0.614. The fourth-order valence-electron chi connectivity index (χ4n) is 1.61. The highest BCUT2D eigenvalue weighted by molar-refractivity contribution is 5.70. The van der Waals surface area contributed by atoms with Gasteiger partial charge in [0.05, 0.1) is 16.8 Å². The largest absolute Gasteiger partial charge is 0.442 e. The molecule has 0 radical (unpaired) electrons. The Kier molecular flexibility index (Phi) is 5.31. The van der Waals surface area contributed by atoms with Gasteiger partial charge in [-0.3, -0.25) is 5.43 Å². The summed E-state index contributed by atoms with van der Waals surface area (Å²) in [7, 11) is 1.09. The maximum atomic E-state index is 13.0. The van der Waals surface area contributed by atoms with E-state index in [-0.39, 0.29) is 6.07 Å². The summed E-state index contributed by atoms with van der Waals surface area (Å²) in [4.78, 5) is 11.7. The number of hydrogen-bond donors (Lipinski definition) is 1. The van der Waals surface area contributed by atoms with Crippen molar-refractivity contribution in [1.29, 1.82) is 0 Å². The Hall–Kier alpha value is -2.13. The van der Waals surface area contributed by atoms with Gasteiger partial charge in [0.25, 0.3) is 0 Å². The van der Waals surface area contributed by atoms with Crippen LogP contribution >= 0.6 is 0 Å².